The zero-order valence-corrected chi connectivity index (χ0v) is 8.53. The van der Waals surface area contributed by atoms with Gasteiger partial charge in [-0.2, -0.15) is 0 Å². The van der Waals surface area contributed by atoms with Gasteiger partial charge in [-0.3, -0.25) is 4.90 Å². The van der Waals surface area contributed by atoms with Crippen molar-refractivity contribution in [3.05, 3.63) is 0 Å². The predicted molar refractivity (Wildman–Crippen MR) is 50.8 cm³/mol. The largest absolute Gasteiger partial charge is 0.376 e. The van der Waals surface area contributed by atoms with Gasteiger partial charge in [0.1, 0.15) is 0 Å². The second-order valence-electron chi connectivity index (χ2n) is 4.12. The molecule has 76 valence electrons. The Morgan fingerprint density at radius 1 is 1.31 bits per heavy atom. The summed E-state index contributed by atoms with van der Waals surface area (Å²) in [5.74, 6) is 0. The van der Waals surface area contributed by atoms with Crippen LogP contribution in [0.25, 0.3) is 0 Å². The predicted octanol–water partition coefficient (Wildman–Crippen LogP) is 0.885. The zero-order chi connectivity index (χ0) is 9.26. The van der Waals surface area contributed by atoms with Crippen molar-refractivity contribution in [3.63, 3.8) is 0 Å². The van der Waals surface area contributed by atoms with Gasteiger partial charge in [0.15, 0.2) is 0 Å². The molecule has 0 N–H and O–H groups in total. The van der Waals surface area contributed by atoms with Crippen LogP contribution in [0.3, 0.4) is 0 Å². The van der Waals surface area contributed by atoms with E-state index in [2.05, 4.69) is 18.7 Å². The van der Waals surface area contributed by atoms with Gasteiger partial charge < -0.3 is 9.47 Å². The third-order valence-electron chi connectivity index (χ3n) is 2.89. The van der Waals surface area contributed by atoms with E-state index in [-0.39, 0.29) is 0 Å². The van der Waals surface area contributed by atoms with E-state index in [4.69, 9.17) is 9.47 Å². The number of hydrogen-bond donors (Lipinski definition) is 0. The Morgan fingerprint density at radius 3 is 2.69 bits per heavy atom. The van der Waals surface area contributed by atoms with E-state index >= 15 is 0 Å². The van der Waals surface area contributed by atoms with Gasteiger partial charge in [0.2, 0.25) is 0 Å². The van der Waals surface area contributed by atoms with E-state index in [1.54, 1.807) is 0 Å². The molecular formula is C10H19NO2. The number of ether oxygens (including phenoxy) is 2. The number of rotatable bonds is 3. The highest BCUT2D eigenvalue weighted by Gasteiger charge is 2.31. The topological polar surface area (TPSA) is 25.0 Å². The van der Waals surface area contributed by atoms with Crippen molar-refractivity contribution in [3.8, 4) is 0 Å². The van der Waals surface area contributed by atoms with Crippen LogP contribution in [0.15, 0.2) is 0 Å². The molecule has 0 aromatic carbocycles. The summed E-state index contributed by atoms with van der Waals surface area (Å²) in [6, 6.07) is 0.611. The second kappa shape index (κ2) is 3.95. The lowest BCUT2D eigenvalue weighted by molar-refractivity contribution is -0.0573. The summed E-state index contributed by atoms with van der Waals surface area (Å²) in [5, 5.41) is 0. The molecule has 0 bridgehead atoms. The highest BCUT2D eigenvalue weighted by molar-refractivity contribution is 4.83. The molecule has 3 unspecified atom stereocenters. The van der Waals surface area contributed by atoms with E-state index in [0.29, 0.717) is 18.2 Å². The van der Waals surface area contributed by atoms with Crippen LogP contribution in [0.1, 0.15) is 20.3 Å². The van der Waals surface area contributed by atoms with Crippen molar-refractivity contribution in [2.45, 2.75) is 38.5 Å². The molecule has 0 radical (unpaired) electrons. The van der Waals surface area contributed by atoms with Gasteiger partial charge in [0.25, 0.3) is 0 Å². The molecule has 2 heterocycles. The van der Waals surface area contributed by atoms with Crippen LogP contribution >= 0.6 is 0 Å². The van der Waals surface area contributed by atoms with Gasteiger partial charge in [-0.25, -0.2) is 0 Å². The molecule has 0 aromatic heterocycles. The fraction of sp³-hybridized carbons (Fsp3) is 1.00. The van der Waals surface area contributed by atoms with E-state index in [0.717, 1.165) is 26.3 Å². The van der Waals surface area contributed by atoms with Crippen molar-refractivity contribution < 1.29 is 9.47 Å². The molecule has 0 aliphatic carbocycles. The van der Waals surface area contributed by atoms with E-state index < -0.39 is 0 Å². The third-order valence-corrected chi connectivity index (χ3v) is 2.89. The quantitative estimate of drug-likeness (QED) is 0.610. The summed E-state index contributed by atoms with van der Waals surface area (Å²) in [7, 11) is 0. The van der Waals surface area contributed by atoms with Gasteiger partial charge >= 0.3 is 0 Å². The van der Waals surface area contributed by atoms with Crippen LogP contribution < -0.4 is 0 Å². The molecule has 3 nitrogen and oxygen atoms in total. The van der Waals surface area contributed by atoms with E-state index in [1.165, 1.54) is 6.42 Å². The van der Waals surface area contributed by atoms with E-state index in [9.17, 15) is 0 Å². The minimum absolute atomic E-state index is 0.390. The Morgan fingerprint density at radius 2 is 2.08 bits per heavy atom. The molecule has 2 aliphatic rings. The Hall–Kier alpha value is -0.120. The minimum atomic E-state index is 0.390. The summed E-state index contributed by atoms with van der Waals surface area (Å²) in [5.41, 5.74) is 0. The number of epoxide rings is 1. The van der Waals surface area contributed by atoms with Gasteiger partial charge in [-0.05, 0) is 13.3 Å². The van der Waals surface area contributed by atoms with Crippen molar-refractivity contribution in [1.82, 2.24) is 4.90 Å². The standard InChI is InChI=1S/C10H19NO2/c1-3-9-6-12-8(2)4-11(9)5-10-7-13-10/h8-10H,3-7H2,1-2H3. The first-order valence-electron chi connectivity index (χ1n) is 5.27. The average Bonchev–Trinajstić information content (AvgIpc) is 2.89. The maximum Gasteiger partial charge on any atom is 0.0936 e. The number of hydrogen-bond acceptors (Lipinski definition) is 3. The number of nitrogens with zero attached hydrogens (tertiary/aromatic N) is 1. The molecule has 0 aromatic rings. The molecule has 3 atom stereocenters. The molecule has 2 fully saturated rings. The van der Waals surface area contributed by atoms with Crippen LogP contribution in [0.4, 0.5) is 0 Å². The lowest BCUT2D eigenvalue weighted by Crippen LogP contribution is -2.49. The highest BCUT2D eigenvalue weighted by atomic mass is 16.6. The van der Waals surface area contributed by atoms with Gasteiger partial charge in [-0.15, -0.1) is 0 Å². The van der Waals surface area contributed by atoms with Crippen LogP contribution in [0, 0.1) is 0 Å². The van der Waals surface area contributed by atoms with Crippen molar-refractivity contribution in [1.29, 1.82) is 0 Å². The summed E-state index contributed by atoms with van der Waals surface area (Å²) in [6.45, 7) is 8.40. The summed E-state index contributed by atoms with van der Waals surface area (Å²) in [4.78, 5) is 2.52. The molecule has 2 saturated heterocycles. The maximum absolute atomic E-state index is 5.63. The molecule has 0 amide bonds. The zero-order valence-electron chi connectivity index (χ0n) is 8.53. The third kappa shape index (κ3) is 2.42. The lowest BCUT2D eigenvalue weighted by atomic mass is 10.1. The molecule has 2 aliphatic heterocycles. The van der Waals surface area contributed by atoms with Crippen LogP contribution in [-0.4, -0.2) is 49.5 Å². The maximum atomic E-state index is 5.63. The van der Waals surface area contributed by atoms with Crippen molar-refractivity contribution in [2.24, 2.45) is 0 Å². The fourth-order valence-electron chi connectivity index (χ4n) is 1.95. The average molecular weight is 185 g/mol. The first kappa shape index (κ1) is 9.44. The summed E-state index contributed by atoms with van der Waals surface area (Å²) >= 11 is 0. The Labute approximate surface area is 80.0 Å². The summed E-state index contributed by atoms with van der Waals surface area (Å²) < 4.78 is 10.9. The Kier molecular flexibility index (Phi) is 2.86. The highest BCUT2D eigenvalue weighted by Crippen LogP contribution is 2.18. The molecule has 0 saturated carbocycles. The van der Waals surface area contributed by atoms with Crippen LogP contribution in [0.5, 0.6) is 0 Å². The van der Waals surface area contributed by atoms with Gasteiger partial charge in [-0.1, -0.05) is 6.92 Å². The number of morpholine rings is 1. The summed E-state index contributed by atoms with van der Waals surface area (Å²) in [6.07, 6.45) is 2.08. The van der Waals surface area contributed by atoms with E-state index in [1.807, 2.05) is 0 Å². The lowest BCUT2D eigenvalue weighted by Gasteiger charge is -2.37. The van der Waals surface area contributed by atoms with Gasteiger partial charge in [0.05, 0.1) is 25.4 Å². The SMILES string of the molecule is CCC1COC(C)CN1CC1CO1. The molecule has 0 spiro atoms. The van der Waals surface area contributed by atoms with Crippen LogP contribution in [-0.2, 0) is 9.47 Å². The van der Waals surface area contributed by atoms with Crippen molar-refractivity contribution >= 4 is 0 Å². The Balaban J connectivity index is 1.85. The first-order valence-corrected chi connectivity index (χ1v) is 5.27. The second-order valence-corrected chi connectivity index (χ2v) is 4.12. The fourth-order valence-corrected chi connectivity index (χ4v) is 1.95. The Bertz CT molecular complexity index is 168. The van der Waals surface area contributed by atoms with Crippen molar-refractivity contribution in [2.75, 3.05) is 26.3 Å². The minimum Gasteiger partial charge on any atom is -0.376 e. The molecule has 13 heavy (non-hydrogen) atoms. The normalized spacial score (nSPS) is 40.6. The van der Waals surface area contributed by atoms with Gasteiger partial charge in [0, 0.05) is 19.1 Å². The van der Waals surface area contributed by atoms with Crippen LogP contribution in [0.2, 0.25) is 0 Å². The smallest absolute Gasteiger partial charge is 0.0936 e. The molecule has 2 rings (SSSR count). The molecular weight excluding hydrogens is 166 g/mol. The molecule has 3 heteroatoms. The first-order chi connectivity index (χ1) is 6.29. The monoisotopic (exact) mass is 185 g/mol.